The van der Waals surface area contributed by atoms with Crippen molar-refractivity contribution in [3.8, 4) is 0 Å². The lowest BCUT2D eigenvalue weighted by Gasteiger charge is -2.36. The molecule has 5 bridgehead atoms. The summed E-state index contributed by atoms with van der Waals surface area (Å²) in [5.41, 5.74) is 1.96. The largest absolute Gasteiger partial charge is 0.455 e. The third-order valence-corrected chi connectivity index (χ3v) is 10.1. The Morgan fingerprint density at radius 2 is 1.77 bits per heavy atom. The number of aliphatic hydroxyl groups excluding tert-OH is 1. The standard InChI is InChI=1S/C38H45N3O7/c1-24-16-17-25(2)28(23-24)40-20-10-5-9-15-30(43)39-26(3)33(27-13-7-4-8-14-27)47-37(46)31-29-18-19-38(48-29)32(31)35(44)41(34(38)36(40)45)21-11-6-12-22-42/h4-5,7-8,10,13-14,16-19,23,26,29,31-34,42H,6,9,11-12,15,20-22H2,1-3H3,(H,39,43)/b10-5-/t26-,29+,31-,32-,33+,34+,38-/m0/s1. The van der Waals surface area contributed by atoms with Gasteiger partial charge in [0.2, 0.25) is 11.8 Å². The van der Waals surface area contributed by atoms with Crippen molar-refractivity contribution < 1.29 is 33.8 Å². The van der Waals surface area contributed by atoms with Crippen LogP contribution in [0.15, 0.2) is 72.8 Å². The van der Waals surface area contributed by atoms with E-state index < -0.39 is 47.7 Å². The molecule has 2 N–H and O–H groups in total. The number of hydrogen-bond acceptors (Lipinski definition) is 7. The first-order valence-corrected chi connectivity index (χ1v) is 17.0. The number of carbonyl (C=O) groups is 4. The van der Waals surface area contributed by atoms with E-state index in [4.69, 9.17) is 9.47 Å². The Morgan fingerprint density at radius 1 is 0.979 bits per heavy atom. The summed E-state index contributed by atoms with van der Waals surface area (Å²) >= 11 is 0. The van der Waals surface area contributed by atoms with Gasteiger partial charge in [-0.2, -0.15) is 0 Å². The van der Waals surface area contributed by atoms with Crippen molar-refractivity contribution in [1.29, 1.82) is 0 Å². The van der Waals surface area contributed by atoms with E-state index in [9.17, 15) is 19.5 Å². The van der Waals surface area contributed by atoms with Gasteiger partial charge in [-0.25, -0.2) is 0 Å². The summed E-state index contributed by atoms with van der Waals surface area (Å²) in [7, 11) is 0. The average molecular weight is 656 g/mol. The van der Waals surface area contributed by atoms with Crippen LogP contribution in [0.25, 0.3) is 0 Å². The molecule has 4 heterocycles. The fourth-order valence-electron chi connectivity index (χ4n) is 7.71. The molecular weight excluding hydrogens is 610 g/mol. The van der Waals surface area contributed by atoms with Gasteiger partial charge in [-0.1, -0.05) is 66.8 Å². The summed E-state index contributed by atoms with van der Waals surface area (Å²) < 4.78 is 12.8. The van der Waals surface area contributed by atoms with Gasteiger partial charge in [0.15, 0.2) is 0 Å². The number of ether oxygens (including phenoxy) is 2. The Labute approximate surface area is 281 Å². The molecule has 4 aliphatic heterocycles. The molecule has 4 aliphatic rings. The van der Waals surface area contributed by atoms with Crippen LogP contribution in [0, 0.1) is 25.7 Å². The second-order valence-corrected chi connectivity index (χ2v) is 13.4. The minimum Gasteiger partial charge on any atom is -0.455 e. The molecule has 2 aromatic carbocycles. The van der Waals surface area contributed by atoms with Crippen molar-refractivity contribution in [2.45, 2.75) is 82.8 Å². The molecule has 2 fully saturated rings. The molecule has 0 aliphatic carbocycles. The van der Waals surface area contributed by atoms with Crippen LogP contribution in [-0.4, -0.2) is 77.2 Å². The van der Waals surface area contributed by atoms with E-state index in [0.29, 0.717) is 31.2 Å². The summed E-state index contributed by atoms with van der Waals surface area (Å²) in [4.78, 5) is 60.1. The number of benzene rings is 2. The number of amides is 3. The van der Waals surface area contributed by atoms with Gasteiger partial charge >= 0.3 is 5.97 Å². The van der Waals surface area contributed by atoms with Gasteiger partial charge in [0.05, 0.1) is 18.1 Å². The van der Waals surface area contributed by atoms with E-state index >= 15 is 4.79 Å². The third kappa shape index (κ3) is 6.19. The molecule has 48 heavy (non-hydrogen) atoms. The van der Waals surface area contributed by atoms with Gasteiger partial charge in [0, 0.05) is 31.8 Å². The Bertz CT molecular complexity index is 1610. The Kier molecular flexibility index (Phi) is 9.85. The number of nitrogens with zero attached hydrogens (tertiary/aromatic N) is 2. The number of rotatable bonds is 7. The predicted molar refractivity (Wildman–Crippen MR) is 180 cm³/mol. The Morgan fingerprint density at radius 3 is 2.54 bits per heavy atom. The monoisotopic (exact) mass is 655 g/mol. The minimum absolute atomic E-state index is 0.0402. The summed E-state index contributed by atoms with van der Waals surface area (Å²) in [5, 5.41) is 12.4. The van der Waals surface area contributed by atoms with Crippen molar-refractivity contribution >= 4 is 29.4 Å². The summed E-state index contributed by atoms with van der Waals surface area (Å²) in [6.45, 7) is 6.26. The topological polar surface area (TPSA) is 125 Å². The first-order valence-electron chi connectivity index (χ1n) is 17.0. The lowest BCUT2D eigenvalue weighted by atomic mass is 9.74. The first kappa shape index (κ1) is 33.6. The van der Waals surface area contributed by atoms with E-state index in [2.05, 4.69) is 5.32 Å². The van der Waals surface area contributed by atoms with E-state index in [0.717, 1.165) is 16.8 Å². The van der Waals surface area contributed by atoms with Crippen LogP contribution in [0.2, 0.25) is 0 Å². The molecule has 1 spiro atoms. The number of cyclic esters (lactones) is 1. The molecule has 0 aromatic heterocycles. The van der Waals surface area contributed by atoms with E-state index in [1.807, 2.05) is 80.6 Å². The molecule has 6 rings (SSSR count). The Balaban J connectivity index is 1.44. The highest BCUT2D eigenvalue weighted by molar-refractivity contribution is 6.05. The summed E-state index contributed by atoms with van der Waals surface area (Å²) in [5.74, 6) is -3.35. The number of aliphatic hydroxyl groups is 1. The molecule has 0 saturated carbocycles. The highest BCUT2D eigenvalue weighted by Crippen LogP contribution is 2.56. The SMILES string of the molecule is Cc1ccc(C)c(N2C/C=C\CCC(=O)N[C@@H](C)[C@H](c3ccccc3)OC(=O)[C@@H]3[C@H]4C(=O)N(CCCCCO)[C@H](C2=O)[C@]42C=C[C@H]3O2)c1. The molecule has 2 aromatic rings. The molecule has 254 valence electrons. The Hall–Kier alpha value is -4.28. The van der Waals surface area contributed by atoms with Crippen molar-refractivity contribution in [2.75, 3.05) is 24.6 Å². The van der Waals surface area contributed by atoms with Gasteiger partial charge in [-0.05, 0) is 69.2 Å². The number of fused-ring (bicyclic) bond motifs is 2. The van der Waals surface area contributed by atoms with Crippen molar-refractivity contribution in [2.24, 2.45) is 11.8 Å². The van der Waals surface area contributed by atoms with E-state index in [1.165, 1.54) is 0 Å². The molecule has 3 amide bonds. The number of likely N-dealkylation sites (tertiary alicyclic amines) is 1. The van der Waals surface area contributed by atoms with Crippen molar-refractivity contribution in [3.63, 3.8) is 0 Å². The van der Waals surface area contributed by atoms with Crippen molar-refractivity contribution in [1.82, 2.24) is 10.2 Å². The predicted octanol–water partition coefficient (Wildman–Crippen LogP) is 4.09. The number of unbranched alkanes of at least 4 members (excludes halogenated alkanes) is 2. The average Bonchev–Trinajstić information content (AvgIpc) is 3.72. The van der Waals surface area contributed by atoms with Crippen LogP contribution in [0.5, 0.6) is 0 Å². The van der Waals surface area contributed by atoms with Crippen LogP contribution in [0.4, 0.5) is 5.69 Å². The third-order valence-electron chi connectivity index (χ3n) is 10.1. The number of aryl methyl sites for hydroxylation is 2. The molecule has 0 unspecified atom stereocenters. The van der Waals surface area contributed by atoms with E-state index in [-0.39, 0.29) is 43.8 Å². The lowest BCUT2D eigenvalue weighted by molar-refractivity contribution is -0.161. The molecule has 0 radical (unpaired) electrons. The number of anilines is 1. The second-order valence-electron chi connectivity index (χ2n) is 13.4. The van der Waals surface area contributed by atoms with Crippen LogP contribution >= 0.6 is 0 Å². The lowest BCUT2D eigenvalue weighted by Crippen LogP contribution is -2.56. The van der Waals surface area contributed by atoms with Gasteiger partial charge in [-0.15, -0.1) is 0 Å². The maximum Gasteiger partial charge on any atom is 0.313 e. The number of hydrogen-bond donors (Lipinski definition) is 2. The number of nitrogens with one attached hydrogen (secondary N) is 1. The maximum atomic E-state index is 15.0. The van der Waals surface area contributed by atoms with Gasteiger partial charge in [-0.3, -0.25) is 19.2 Å². The smallest absolute Gasteiger partial charge is 0.313 e. The zero-order valence-electron chi connectivity index (χ0n) is 27.8. The van der Waals surface area contributed by atoms with Crippen LogP contribution < -0.4 is 10.2 Å². The fourth-order valence-corrected chi connectivity index (χ4v) is 7.71. The molecule has 10 nitrogen and oxygen atoms in total. The zero-order valence-corrected chi connectivity index (χ0v) is 27.8. The number of esters is 1. The maximum absolute atomic E-state index is 15.0. The quantitative estimate of drug-likeness (QED) is 0.262. The van der Waals surface area contributed by atoms with E-state index in [1.54, 1.807) is 22.8 Å². The van der Waals surface area contributed by atoms with Gasteiger partial charge in [0.25, 0.3) is 5.91 Å². The molecular formula is C38H45N3O7. The minimum atomic E-state index is -1.35. The van der Waals surface area contributed by atoms with Crippen molar-refractivity contribution in [3.05, 3.63) is 89.5 Å². The molecule has 10 heteroatoms. The zero-order chi connectivity index (χ0) is 34.0. The highest BCUT2D eigenvalue weighted by Gasteiger charge is 2.73. The molecule has 7 atom stereocenters. The molecule has 2 saturated heterocycles. The van der Waals surface area contributed by atoms with Crippen LogP contribution in [0.1, 0.15) is 61.8 Å². The first-order chi connectivity index (χ1) is 23.2. The van der Waals surface area contributed by atoms with Gasteiger partial charge < -0.3 is 29.7 Å². The second kappa shape index (κ2) is 14.1. The summed E-state index contributed by atoms with van der Waals surface area (Å²) in [6, 6.07) is 13.6. The van der Waals surface area contributed by atoms with Crippen LogP contribution in [-0.2, 0) is 28.7 Å². The fraction of sp³-hybridized carbons (Fsp3) is 0.474. The van der Waals surface area contributed by atoms with Crippen LogP contribution in [0.3, 0.4) is 0 Å². The highest BCUT2D eigenvalue weighted by atomic mass is 16.6. The number of allylic oxidation sites excluding steroid dienone is 1. The summed E-state index contributed by atoms with van der Waals surface area (Å²) in [6.07, 6.45) is 8.33. The van der Waals surface area contributed by atoms with Gasteiger partial charge in [0.1, 0.15) is 23.7 Å². The normalized spacial score (nSPS) is 31.2. The number of carbonyl (C=O) groups excluding carboxylic acids is 4.